The van der Waals surface area contributed by atoms with Crippen LogP contribution in [0.15, 0.2) is 40.8 Å². The first-order valence-electron chi connectivity index (χ1n) is 11.4. The van der Waals surface area contributed by atoms with Crippen LogP contribution in [-0.2, 0) is 4.79 Å². The molecule has 2 aliphatic rings. The van der Waals surface area contributed by atoms with Gasteiger partial charge in [-0.1, -0.05) is 32.0 Å². The Morgan fingerprint density at radius 2 is 1.91 bits per heavy atom. The van der Waals surface area contributed by atoms with E-state index < -0.39 is 5.66 Å². The summed E-state index contributed by atoms with van der Waals surface area (Å²) >= 11 is 0. The number of aryl methyl sites for hydroxylation is 2. The molecule has 1 unspecified atom stereocenters. The molecule has 3 heterocycles. The van der Waals surface area contributed by atoms with E-state index in [1.807, 2.05) is 54.0 Å². The number of para-hydroxylation sites is 1. The fraction of sp³-hybridized carbons (Fsp3) is 0.520. The van der Waals surface area contributed by atoms with Crippen LogP contribution >= 0.6 is 0 Å². The predicted octanol–water partition coefficient (Wildman–Crippen LogP) is 3.36. The summed E-state index contributed by atoms with van der Waals surface area (Å²) in [6.45, 7) is 9.92. The third-order valence-corrected chi connectivity index (χ3v) is 6.62. The molecule has 172 valence electrons. The van der Waals surface area contributed by atoms with Crippen molar-refractivity contribution in [2.24, 2.45) is 5.92 Å². The Labute approximate surface area is 189 Å². The lowest BCUT2D eigenvalue weighted by Gasteiger charge is -2.44. The number of nitrogens with one attached hydrogen (secondary N) is 1. The Balaban J connectivity index is 1.45. The highest BCUT2D eigenvalue weighted by molar-refractivity contribution is 5.95. The van der Waals surface area contributed by atoms with Crippen molar-refractivity contribution in [3.8, 4) is 5.75 Å². The van der Waals surface area contributed by atoms with Crippen LogP contribution in [0.1, 0.15) is 48.6 Å². The van der Waals surface area contributed by atoms with E-state index in [2.05, 4.69) is 19.2 Å². The second kappa shape index (κ2) is 8.98. The molecule has 1 aromatic carbocycles. The van der Waals surface area contributed by atoms with Gasteiger partial charge in [-0.05, 0) is 38.0 Å². The lowest BCUT2D eigenvalue weighted by molar-refractivity contribution is -0.134. The molecule has 0 aliphatic carbocycles. The van der Waals surface area contributed by atoms with Gasteiger partial charge >= 0.3 is 0 Å². The SMILES string of the molecule is Cc1cc(C(=O)N2CCC3(CC2)NC(C(C)C)C(=O)N3CCOc2ccccc2)c(C)o1. The van der Waals surface area contributed by atoms with Crippen LogP contribution < -0.4 is 10.1 Å². The highest BCUT2D eigenvalue weighted by atomic mass is 16.5. The van der Waals surface area contributed by atoms with Crippen molar-refractivity contribution < 1.29 is 18.7 Å². The van der Waals surface area contributed by atoms with Gasteiger partial charge in [-0.2, -0.15) is 0 Å². The zero-order chi connectivity index (χ0) is 22.9. The Bertz CT molecular complexity index is 961. The standard InChI is InChI=1S/C25H33N3O4/c1-17(2)22-24(30)28(14-15-31-20-8-6-5-7-9-20)25(26-22)10-12-27(13-11-25)23(29)21-16-18(3)32-19(21)4/h5-9,16-17,22,26H,10-15H2,1-4H3. The molecule has 1 N–H and O–H groups in total. The van der Waals surface area contributed by atoms with E-state index in [0.717, 1.165) is 11.5 Å². The van der Waals surface area contributed by atoms with E-state index in [9.17, 15) is 9.59 Å². The Morgan fingerprint density at radius 3 is 2.50 bits per heavy atom. The Kier molecular flexibility index (Phi) is 6.29. The third kappa shape index (κ3) is 4.26. The van der Waals surface area contributed by atoms with Crippen LogP contribution in [0, 0.1) is 19.8 Å². The second-order valence-electron chi connectivity index (χ2n) is 9.17. The van der Waals surface area contributed by atoms with Gasteiger partial charge in [0, 0.05) is 25.9 Å². The molecule has 2 amide bonds. The molecule has 1 aromatic heterocycles. The van der Waals surface area contributed by atoms with Gasteiger partial charge in [0.05, 0.1) is 23.8 Å². The molecule has 7 heteroatoms. The molecule has 2 fully saturated rings. The quantitative estimate of drug-likeness (QED) is 0.747. The van der Waals surface area contributed by atoms with E-state index in [4.69, 9.17) is 9.15 Å². The molecule has 32 heavy (non-hydrogen) atoms. The van der Waals surface area contributed by atoms with Gasteiger partial charge < -0.3 is 19.0 Å². The fourth-order valence-corrected chi connectivity index (χ4v) is 4.86. The number of furan rings is 1. The van der Waals surface area contributed by atoms with Crippen LogP contribution in [0.25, 0.3) is 0 Å². The number of amides is 2. The number of piperidine rings is 1. The predicted molar refractivity (Wildman–Crippen MR) is 121 cm³/mol. The smallest absolute Gasteiger partial charge is 0.257 e. The molecule has 1 spiro atoms. The van der Waals surface area contributed by atoms with Crippen molar-refractivity contribution in [2.75, 3.05) is 26.2 Å². The van der Waals surface area contributed by atoms with Gasteiger partial charge in [0.15, 0.2) is 0 Å². The summed E-state index contributed by atoms with van der Waals surface area (Å²) in [4.78, 5) is 30.1. The maximum absolute atomic E-state index is 13.3. The van der Waals surface area contributed by atoms with Crippen LogP contribution in [0.3, 0.4) is 0 Å². The number of carbonyl (C=O) groups is 2. The zero-order valence-corrected chi connectivity index (χ0v) is 19.4. The minimum Gasteiger partial charge on any atom is -0.492 e. The number of benzene rings is 1. The molecule has 2 aliphatic heterocycles. The normalized spacial score (nSPS) is 20.4. The maximum Gasteiger partial charge on any atom is 0.257 e. The average molecular weight is 440 g/mol. The summed E-state index contributed by atoms with van der Waals surface area (Å²) in [6.07, 6.45) is 1.38. The summed E-state index contributed by atoms with van der Waals surface area (Å²) in [6, 6.07) is 11.2. The Hall–Kier alpha value is -2.80. The molecule has 4 rings (SSSR count). The maximum atomic E-state index is 13.3. The van der Waals surface area contributed by atoms with Crippen LogP contribution in [0.2, 0.25) is 0 Å². The number of ether oxygens (including phenoxy) is 1. The summed E-state index contributed by atoms with van der Waals surface area (Å²) in [5.74, 6) is 2.51. The van der Waals surface area contributed by atoms with Crippen LogP contribution in [-0.4, -0.2) is 59.6 Å². The first-order valence-corrected chi connectivity index (χ1v) is 11.4. The van der Waals surface area contributed by atoms with Gasteiger partial charge in [0.1, 0.15) is 23.9 Å². The summed E-state index contributed by atoms with van der Waals surface area (Å²) in [7, 11) is 0. The molecule has 0 radical (unpaired) electrons. The monoisotopic (exact) mass is 439 g/mol. The minimum atomic E-state index is -0.440. The van der Waals surface area contributed by atoms with Gasteiger partial charge in [-0.25, -0.2) is 0 Å². The molecule has 2 saturated heterocycles. The van der Waals surface area contributed by atoms with E-state index >= 15 is 0 Å². The van der Waals surface area contributed by atoms with E-state index in [-0.39, 0.29) is 23.8 Å². The van der Waals surface area contributed by atoms with Gasteiger partial charge in [0.2, 0.25) is 5.91 Å². The lowest BCUT2D eigenvalue weighted by Crippen LogP contribution is -2.60. The number of nitrogens with zero attached hydrogens (tertiary/aromatic N) is 2. The van der Waals surface area contributed by atoms with Crippen molar-refractivity contribution in [3.05, 3.63) is 53.5 Å². The topological polar surface area (TPSA) is 75.0 Å². The third-order valence-electron chi connectivity index (χ3n) is 6.62. The first kappa shape index (κ1) is 22.4. The van der Waals surface area contributed by atoms with E-state index in [1.54, 1.807) is 6.07 Å². The van der Waals surface area contributed by atoms with Gasteiger partial charge in [-0.3, -0.25) is 14.9 Å². The second-order valence-corrected chi connectivity index (χ2v) is 9.17. The molecule has 0 saturated carbocycles. The first-order chi connectivity index (χ1) is 15.3. The molecular weight excluding hydrogens is 406 g/mol. The molecule has 7 nitrogen and oxygen atoms in total. The van der Waals surface area contributed by atoms with Gasteiger partial charge in [0.25, 0.3) is 5.91 Å². The van der Waals surface area contributed by atoms with Gasteiger partial charge in [-0.15, -0.1) is 0 Å². The lowest BCUT2D eigenvalue weighted by atomic mass is 9.95. The molecule has 0 bridgehead atoms. The zero-order valence-electron chi connectivity index (χ0n) is 19.4. The molecule has 1 atom stereocenters. The van der Waals surface area contributed by atoms with Crippen molar-refractivity contribution in [1.29, 1.82) is 0 Å². The summed E-state index contributed by atoms with van der Waals surface area (Å²) < 4.78 is 11.4. The number of hydrogen-bond acceptors (Lipinski definition) is 5. The highest BCUT2D eigenvalue weighted by Crippen LogP contribution is 2.34. The number of carbonyl (C=O) groups excluding carboxylic acids is 2. The van der Waals surface area contributed by atoms with Crippen molar-refractivity contribution in [3.63, 3.8) is 0 Å². The van der Waals surface area contributed by atoms with E-state index in [0.29, 0.717) is 50.4 Å². The minimum absolute atomic E-state index is 0.00195. The molecule has 2 aromatic rings. The average Bonchev–Trinajstić information content (AvgIpc) is 3.25. The van der Waals surface area contributed by atoms with Crippen molar-refractivity contribution >= 4 is 11.8 Å². The fourth-order valence-electron chi connectivity index (χ4n) is 4.86. The van der Waals surface area contributed by atoms with Crippen molar-refractivity contribution in [2.45, 2.75) is 52.2 Å². The Morgan fingerprint density at radius 1 is 1.22 bits per heavy atom. The summed E-state index contributed by atoms with van der Waals surface area (Å²) in [5.41, 5.74) is 0.187. The van der Waals surface area contributed by atoms with Crippen LogP contribution in [0.4, 0.5) is 0 Å². The van der Waals surface area contributed by atoms with E-state index in [1.165, 1.54) is 0 Å². The van der Waals surface area contributed by atoms with Crippen LogP contribution in [0.5, 0.6) is 5.75 Å². The highest BCUT2D eigenvalue weighted by Gasteiger charge is 2.52. The molecular formula is C25H33N3O4. The number of likely N-dealkylation sites (tertiary alicyclic amines) is 1. The summed E-state index contributed by atoms with van der Waals surface area (Å²) in [5, 5.41) is 3.63. The largest absolute Gasteiger partial charge is 0.492 e. The van der Waals surface area contributed by atoms with Crippen molar-refractivity contribution in [1.82, 2.24) is 15.1 Å². The number of hydrogen-bond donors (Lipinski definition) is 1. The number of rotatable bonds is 6.